The number of nitrogens with one attached hydrogen (secondary N) is 1. The molecular formula is C21H22Cl2FN3O2. The summed E-state index contributed by atoms with van der Waals surface area (Å²) in [6.45, 7) is 1.87. The SMILES string of the molecule is O=C(CN1CCCN(Cc2ccc(F)cc2Cl)C1=O)NCCc1ccc(Cl)cc1. The fourth-order valence-electron chi connectivity index (χ4n) is 3.22. The van der Waals surface area contributed by atoms with E-state index in [1.807, 2.05) is 24.3 Å². The molecule has 1 aliphatic heterocycles. The van der Waals surface area contributed by atoms with Crippen LogP contribution in [0.2, 0.25) is 10.0 Å². The number of urea groups is 1. The number of hydrogen-bond donors (Lipinski definition) is 1. The summed E-state index contributed by atoms with van der Waals surface area (Å²) < 4.78 is 13.2. The number of amides is 3. The van der Waals surface area contributed by atoms with Gasteiger partial charge in [-0.2, -0.15) is 0 Å². The third-order valence-electron chi connectivity index (χ3n) is 4.76. The number of carbonyl (C=O) groups excluding carboxylic acids is 2. The molecule has 29 heavy (non-hydrogen) atoms. The van der Waals surface area contributed by atoms with E-state index in [4.69, 9.17) is 23.2 Å². The van der Waals surface area contributed by atoms with Crippen molar-refractivity contribution in [2.24, 2.45) is 0 Å². The van der Waals surface area contributed by atoms with Gasteiger partial charge in [-0.3, -0.25) is 4.79 Å². The van der Waals surface area contributed by atoms with Gasteiger partial charge in [0.1, 0.15) is 12.4 Å². The van der Waals surface area contributed by atoms with Crippen molar-refractivity contribution in [3.63, 3.8) is 0 Å². The highest BCUT2D eigenvalue weighted by molar-refractivity contribution is 6.31. The van der Waals surface area contributed by atoms with Crippen LogP contribution in [0.3, 0.4) is 0 Å². The second kappa shape index (κ2) is 9.94. The van der Waals surface area contributed by atoms with Crippen molar-refractivity contribution < 1.29 is 14.0 Å². The number of rotatable bonds is 7. The van der Waals surface area contributed by atoms with Gasteiger partial charge in [0.25, 0.3) is 0 Å². The minimum Gasteiger partial charge on any atom is -0.354 e. The fourth-order valence-corrected chi connectivity index (χ4v) is 3.57. The summed E-state index contributed by atoms with van der Waals surface area (Å²) in [7, 11) is 0. The van der Waals surface area contributed by atoms with E-state index >= 15 is 0 Å². The van der Waals surface area contributed by atoms with Gasteiger partial charge in [-0.25, -0.2) is 9.18 Å². The maximum Gasteiger partial charge on any atom is 0.320 e. The molecule has 3 rings (SSSR count). The molecule has 0 saturated carbocycles. The molecule has 2 aromatic rings. The van der Waals surface area contributed by atoms with Crippen LogP contribution in [0.1, 0.15) is 17.5 Å². The Hall–Kier alpha value is -2.31. The fraction of sp³-hybridized carbons (Fsp3) is 0.333. The molecule has 0 bridgehead atoms. The lowest BCUT2D eigenvalue weighted by molar-refractivity contribution is -0.121. The summed E-state index contributed by atoms with van der Waals surface area (Å²) >= 11 is 11.9. The normalized spacial score (nSPS) is 14.2. The molecule has 1 aliphatic rings. The van der Waals surface area contributed by atoms with Gasteiger partial charge < -0.3 is 15.1 Å². The summed E-state index contributed by atoms with van der Waals surface area (Å²) in [4.78, 5) is 28.1. The second-order valence-electron chi connectivity index (χ2n) is 6.94. The molecule has 1 heterocycles. The predicted molar refractivity (Wildman–Crippen MR) is 112 cm³/mol. The third-order valence-corrected chi connectivity index (χ3v) is 5.36. The van der Waals surface area contributed by atoms with Crippen LogP contribution in [0.25, 0.3) is 0 Å². The van der Waals surface area contributed by atoms with Gasteiger partial charge in [0, 0.05) is 36.2 Å². The van der Waals surface area contributed by atoms with Gasteiger partial charge >= 0.3 is 6.03 Å². The topological polar surface area (TPSA) is 52.7 Å². The van der Waals surface area contributed by atoms with Crippen molar-refractivity contribution >= 4 is 35.1 Å². The van der Waals surface area contributed by atoms with Gasteiger partial charge in [0.2, 0.25) is 5.91 Å². The highest BCUT2D eigenvalue weighted by Crippen LogP contribution is 2.21. The third kappa shape index (κ3) is 6.08. The van der Waals surface area contributed by atoms with Gasteiger partial charge in [0.15, 0.2) is 0 Å². The number of hydrogen-bond acceptors (Lipinski definition) is 2. The minimum absolute atomic E-state index is 0.00704. The number of carbonyl (C=O) groups is 2. The molecule has 0 spiro atoms. The first-order valence-electron chi connectivity index (χ1n) is 9.41. The molecule has 0 atom stereocenters. The highest BCUT2D eigenvalue weighted by atomic mass is 35.5. The molecule has 1 N–H and O–H groups in total. The Morgan fingerprint density at radius 3 is 2.52 bits per heavy atom. The van der Waals surface area contributed by atoms with Crippen molar-refractivity contribution in [3.05, 3.63) is 69.5 Å². The van der Waals surface area contributed by atoms with Crippen molar-refractivity contribution in [1.82, 2.24) is 15.1 Å². The molecule has 154 valence electrons. The smallest absolute Gasteiger partial charge is 0.320 e. The summed E-state index contributed by atoms with van der Waals surface area (Å²) in [6, 6.07) is 11.4. The molecule has 0 unspecified atom stereocenters. The highest BCUT2D eigenvalue weighted by Gasteiger charge is 2.27. The van der Waals surface area contributed by atoms with Crippen molar-refractivity contribution in [2.75, 3.05) is 26.2 Å². The van der Waals surface area contributed by atoms with E-state index in [9.17, 15) is 14.0 Å². The molecule has 2 aromatic carbocycles. The Bertz CT molecular complexity index is 877. The van der Waals surface area contributed by atoms with Gasteiger partial charge in [0.05, 0.1) is 0 Å². The molecule has 3 amide bonds. The first-order valence-corrected chi connectivity index (χ1v) is 10.2. The first kappa shape index (κ1) is 21.4. The zero-order valence-electron chi connectivity index (χ0n) is 15.8. The van der Waals surface area contributed by atoms with Crippen LogP contribution in [0, 0.1) is 5.82 Å². The van der Waals surface area contributed by atoms with Crippen LogP contribution in [-0.4, -0.2) is 47.9 Å². The zero-order chi connectivity index (χ0) is 20.8. The lowest BCUT2D eigenvalue weighted by Crippen LogP contribution is -2.52. The average Bonchev–Trinajstić information content (AvgIpc) is 2.68. The maximum atomic E-state index is 13.2. The van der Waals surface area contributed by atoms with Crippen molar-refractivity contribution in [1.29, 1.82) is 0 Å². The predicted octanol–water partition coefficient (Wildman–Crippen LogP) is 4.12. The van der Waals surface area contributed by atoms with E-state index in [1.165, 1.54) is 17.0 Å². The van der Waals surface area contributed by atoms with E-state index in [2.05, 4.69) is 5.32 Å². The lowest BCUT2D eigenvalue weighted by Gasteiger charge is -2.35. The Morgan fingerprint density at radius 1 is 1.07 bits per heavy atom. The minimum atomic E-state index is -0.416. The Balaban J connectivity index is 1.49. The Labute approximate surface area is 179 Å². The van der Waals surface area contributed by atoms with Crippen LogP contribution < -0.4 is 5.32 Å². The number of benzene rings is 2. The molecule has 0 aliphatic carbocycles. The Morgan fingerprint density at radius 2 is 1.79 bits per heavy atom. The largest absolute Gasteiger partial charge is 0.354 e. The van der Waals surface area contributed by atoms with Gasteiger partial charge in [-0.1, -0.05) is 41.4 Å². The molecule has 0 radical (unpaired) electrons. The van der Waals surface area contributed by atoms with E-state index in [0.29, 0.717) is 36.6 Å². The maximum absolute atomic E-state index is 13.2. The van der Waals surface area contributed by atoms with Crippen LogP contribution in [0.5, 0.6) is 0 Å². The van der Waals surface area contributed by atoms with Crippen LogP contribution in [0.4, 0.5) is 9.18 Å². The van der Waals surface area contributed by atoms with Crippen LogP contribution >= 0.6 is 23.2 Å². The first-order chi connectivity index (χ1) is 13.9. The van der Waals surface area contributed by atoms with E-state index in [0.717, 1.165) is 12.0 Å². The zero-order valence-corrected chi connectivity index (χ0v) is 17.3. The standard InChI is InChI=1S/C21H22Cl2FN3O2/c22-17-5-2-15(3-6-17)8-9-25-20(28)14-27-11-1-10-26(21(27)29)13-16-4-7-18(24)12-19(16)23/h2-7,12H,1,8-11,13-14H2,(H,25,28). The second-order valence-corrected chi connectivity index (χ2v) is 7.79. The van der Waals surface area contributed by atoms with Gasteiger partial charge in [-0.15, -0.1) is 0 Å². The lowest BCUT2D eigenvalue weighted by atomic mass is 10.1. The van der Waals surface area contributed by atoms with Crippen molar-refractivity contribution in [3.8, 4) is 0 Å². The number of halogens is 3. The van der Waals surface area contributed by atoms with Crippen LogP contribution in [0.15, 0.2) is 42.5 Å². The molecular weight excluding hydrogens is 416 g/mol. The summed E-state index contributed by atoms with van der Waals surface area (Å²) in [6.07, 6.45) is 1.44. The number of nitrogens with zero attached hydrogens (tertiary/aromatic N) is 2. The monoisotopic (exact) mass is 437 g/mol. The van der Waals surface area contributed by atoms with Crippen molar-refractivity contribution in [2.45, 2.75) is 19.4 Å². The summed E-state index contributed by atoms with van der Waals surface area (Å²) in [5.74, 6) is -0.616. The van der Waals surface area contributed by atoms with E-state index in [1.54, 1.807) is 11.0 Å². The molecule has 1 saturated heterocycles. The van der Waals surface area contributed by atoms with Gasteiger partial charge in [-0.05, 0) is 48.2 Å². The molecule has 1 fully saturated rings. The average molecular weight is 438 g/mol. The molecule has 0 aromatic heterocycles. The molecule has 5 nitrogen and oxygen atoms in total. The molecule has 8 heteroatoms. The summed E-state index contributed by atoms with van der Waals surface area (Å²) in [5.41, 5.74) is 1.75. The van der Waals surface area contributed by atoms with E-state index in [-0.39, 0.29) is 30.1 Å². The summed E-state index contributed by atoms with van der Waals surface area (Å²) in [5, 5.41) is 3.81. The Kier molecular flexibility index (Phi) is 7.34. The van der Waals surface area contributed by atoms with E-state index < -0.39 is 5.82 Å². The quantitative estimate of drug-likeness (QED) is 0.707. The van der Waals surface area contributed by atoms with Crippen LogP contribution in [-0.2, 0) is 17.8 Å².